The van der Waals surface area contributed by atoms with E-state index in [0.717, 1.165) is 5.92 Å². The molecule has 0 aromatic carbocycles. The molecule has 0 aliphatic carbocycles. The van der Waals surface area contributed by atoms with Gasteiger partial charge in [-0.3, -0.25) is 0 Å². The average molecular weight is 128 g/mol. The van der Waals surface area contributed by atoms with Crippen molar-refractivity contribution < 1.29 is 0 Å². The molecule has 1 aliphatic heterocycles. The second-order valence-electron chi connectivity index (χ2n) is 2.77. The van der Waals surface area contributed by atoms with E-state index in [2.05, 4.69) is 10.6 Å². The summed E-state index contributed by atoms with van der Waals surface area (Å²) < 4.78 is 0. The van der Waals surface area contributed by atoms with Gasteiger partial charge in [0.15, 0.2) is 0 Å². The van der Waals surface area contributed by atoms with Crippen LogP contribution in [0.3, 0.4) is 0 Å². The predicted molar refractivity (Wildman–Crippen MR) is 39.5 cm³/mol. The topological polar surface area (TPSA) is 24.1 Å². The van der Waals surface area contributed by atoms with Gasteiger partial charge >= 0.3 is 0 Å². The van der Waals surface area contributed by atoms with E-state index >= 15 is 0 Å². The Bertz CT molecular complexity index is 64.6. The SMILES string of the molecule is CNC[C@@H]1CCCNC1. The molecule has 0 unspecified atom stereocenters. The summed E-state index contributed by atoms with van der Waals surface area (Å²) >= 11 is 0. The fourth-order valence-corrected chi connectivity index (χ4v) is 1.39. The van der Waals surface area contributed by atoms with E-state index in [-0.39, 0.29) is 0 Å². The van der Waals surface area contributed by atoms with Crippen molar-refractivity contribution in [2.45, 2.75) is 12.8 Å². The third-order valence-electron chi connectivity index (χ3n) is 1.89. The smallest absolute Gasteiger partial charge is 0.000837 e. The van der Waals surface area contributed by atoms with Gasteiger partial charge in [-0.1, -0.05) is 0 Å². The third kappa shape index (κ3) is 2.33. The molecule has 1 fully saturated rings. The molecule has 1 saturated heterocycles. The maximum atomic E-state index is 3.38. The average Bonchev–Trinajstić information content (AvgIpc) is 1.91. The summed E-state index contributed by atoms with van der Waals surface area (Å²) in [6.07, 6.45) is 2.75. The molecule has 1 aliphatic rings. The third-order valence-corrected chi connectivity index (χ3v) is 1.89. The minimum atomic E-state index is 0.878. The Hall–Kier alpha value is -0.0800. The van der Waals surface area contributed by atoms with Crippen LogP contribution in [0, 0.1) is 5.92 Å². The fraction of sp³-hybridized carbons (Fsp3) is 1.00. The Balaban J connectivity index is 2.08. The van der Waals surface area contributed by atoms with E-state index < -0.39 is 0 Å². The van der Waals surface area contributed by atoms with Crippen molar-refractivity contribution in [2.24, 2.45) is 5.92 Å². The monoisotopic (exact) mass is 128 g/mol. The van der Waals surface area contributed by atoms with Crippen molar-refractivity contribution in [1.82, 2.24) is 10.6 Å². The van der Waals surface area contributed by atoms with Crippen LogP contribution in [0.2, 0.25) is 0 Å². The van der Waals surface area contributed by atoms with E-state index in [4.69, 9.17) is 0 Å². The second kappa shape index (κ2) is 3.85. The van der Waals surface area contributed by atoms with Crippen LogP contribution in [0.1, 0.15) is 12.8 Å². The molecule has 0 amide bonds. The van der Waals surface area contributed by atoms with Gasteiger partial charge in [0.1, 0.15) is 0 Å². The minimum absolute atomic E-state index is 0.878. The molecule has 9 heavy (non-hydrogen) atoms. The number of hydrogen-bond acceptors (Lipinski definition) is 2. The molecule has 2 N–H and O–H groups in total. The van der Waals surface area contributed by atoms with E-state index in [1.165, 1.54) is 32.5 Å². The van der Waals surface area contributed by atoms with Crippen LogP contribution in [0.5, 0.6) is 0 Å². The van der Waals surface area contributed by atoms with Crippen LogP contribution in [0.4, 0.5) is 0 Å². The lowest BCUT2D eigenvalue weighted by Gasteiger charge is -2.21. The second-order valence-corrected chi connectivity index (χ2v) is 2.77. The number of nitrogens with one attached hydrogen (secondary N) is 2. The van der Waals surface area contributed by atoms with Crippen molar-refractivity contribution in [3.63, 3.8) is 0 Å². The van der Waals surface area contributed by atoms with Crippen molar-refractivity contribution in [1.29, 1.82) is 0 Å². The standard InChI is InChI=1S/C7H16N2/c1-8-5-7-3-2-4-9-6-7/h7-9H,2-6H2,1H3/t7-/m0/s1. The first kappa shape index (κ1) is 7.03. The normalized spacial score (nSPS) is 28.3. The maximum Gasteiger partial charge on any atom is -0.000837 e. The number of rotatable bonds is 2. The highest BCUT2D eigenvalue weighted by molar-refractivity contribution is 4.69. The summed E-state index contributed by atoms with van der Waals surface area (Å²) in [5, 5.41) is 6.58. The summed E-state index contributed by atoms with van der Waals surface area (Å²) in [5.74, 6) is 0.878. The number of piperidine rings is 1. The van der Waals surface area contributed by atoms with Gasteiger partial charge in [-0.15, -0.1) is 0 Å². The molecule has 0 saturated carbocycles. The first-order valence-corrected chi connectivity index (χ1v) is 3.79. The highest BCUT2D eigenvalue weighted by atomic mass is 14.9. The summed E-state index contributed by atoms with van der Waals surface area (Å²) in [7, 11) is 2.02. The van der Waals surface area contributed by atoms with Gasteiger partial charge in [0.25, 0.3) is 0 Å². The first-order valence-electron chi connectivity index (χ1n) is 3.79. The molecular formula is C7H16N2. The summed E-state index contributed by atoms with van der Waals surface area (Å²) in [5.41, 5.74) is 0. The lowest BCUT2D eigenvalue weighted by atomic mass is 10.00. The molecule has 2 nitrogen and oxygen atoms in total. The quantitative estimate of drug-likeness (QED) is 0.555. The fourth-order valence-electron chi connectivity index (χ4n) is 1.39. The first-order chi connectivity index (χ1) is 4.43. The zero-order chi connectivity index (χ0) is 6.53. The highest BCUT2D eigenvalue weighted by Gasteiger charge is 2.10. The molecule has 1 rings (SSSR count). The lowest BCUT2D eigenvalue weighted by molar-refractivity contribution is 0.368. The zero-order valence-corrected chi connectivity index (χ0v) is 6.11. The Morgan fingerprint density at radius 1 is 1.67 bits per heavy atom. The Morgan fingerprint density at radius 3 is 3.11 bits per heavy atom. The van der Waals surface area contributed by atoms with Crippen LogP contribution in [0.25, 0.3) is 0 Å². The van der Waals surface area contributed by atoms with Gasteiger partial charge in [0.2, 0.25) is 0 Å². The summed E-state index contributed by atoms with van der Waals surface area (Å²) in [4.78, 5) is 0. The van der Waals surface area contributed by atoms with Crippen molar-refractivity contribution in [2.75, 3.05) is 26.7 Å². The van der Waals surface area contributed by atoms with E-state index in [9.17, 15) is 0 Å². The van der Waals surface area contributed by atoms with Crippen molar-refractivity contribution >= 4 is 0 Å². The van der Waals surface area contributed by atoms with Gasteiger partial charge < -0.3 is 10.6 Å². The van der Waals surface area contributed by atoms with Crippen LogP contribution in [-0.2, 0) is 0 Å². The largest absolute Gasteiger partial charge is 0.319 e. The molecule has 2 heteroatoms. The van der Waals surface area contributed by atoms with Gasteiger partial charge in [-0.2, -0.15) is 0 Å². The molecule has 0 aromatic rings. The summed E-state index contributed by atoms with van der Waals surface area (Å²) in [6, 6.07) is 0. The van der Waals surface area contributed by atoms with Crippen molar-refractivity contribution in [3.8, 4) is 0 Å². The zero-order valence-electron chi connectivity index (χ0n) is 6.11. The van der Waals surface area contributed by atoms with E-state index in [1.807, 2.05) is 7.05 Å². The lowest BCUT2D eigenvalue weighted by Crippen LogP contribution is -2.34. The Kier molecular flexibility index (Phi) is 3.01. The van der Waals surface area contributed by atoms with Crippen LogP contribution >= 0.6 is 0 Å². The van der Waals surface area contributed by atoms with Gasteiger partial charge in [0.05, 0.1) is 0 Å². The van der Waals surface area contributed by atoms with E-state index in [0.29, 0.717) is 0 Å². The molecule has 0 bridgehead atoms. The Labute approximate surface area is 57.0 Å². The van der Waals surface area contributed by atoms with Crippen LogP contribution in [0.15, 0.2) is 0 Å². The van der Waals surface area contributed by atoms with Crippen molar-refractivity contribution in [3.05, 3.63) is 0 Å². The minimum Gasteiger partial charge on any atom is -0.319 e. The molecule has 0 spiro atoms. The molecule has 1 heterocycles. The number of hydrogen-bond donors (Lipinski definition) is 2. The predicted octanol–water partition coefficient (Wildman–Crippen LogP) is 0.205. The van der Waals surface area contributed by atoms with Gasteiger partial charge in [-0.25, -0.2) is 0 Å². The summed E-state index contributed by atoms with van der Waals surface area (Å²) in [6.45, 7) is 3.61. The van der Waals surface area contributed by atoms with Crippen LogP contribution in [-0.4, -0.2) is 26.7 Å². The molecule has 0 radical (unpaired) electrons. The van der Waals surface area contributed by atoms with E-state index in [1.54, 1.807) is 0 Å². The van der Waals surface area contributed by atoms with Crippen LogP contribution < -0.4 is 10.6 Å². The molecule has 54 valence electrons. The van der Waals surface area contributed by atoms with Gasteiger partial charge in [0, 0.05) is 0 Å². The highest BCUT2D eigenvalue weighted by Crippen LogP contribution is 2.07. The Morgan fingerprint density at radius 2 is 2.56 bits per heavy atom. The maximum absolute atomic E-state index is 3.38. The molecule has 0 aromatic heterocycles. The molecule has 1 atom stereocenters. The molecular weight excluding hydrogens is 112 g/mol. The van der Waals surface area contributed by atoms with Gasteiger partial charge in [-0.05, 0) is 45.4 Å².